The fourth-order valence-electron chi connectivity index (χ4n) is 1.34. The van der Waals surface area contributed by atoms with E-state index in [-0.39, 0.29) is 13.2 Å². The van der Waals surface area contributed by atoms with Crippen LogP contribution in [0, 0.1) is 0 Å². The van der Waals surface area contributed by atoms with Crippen molar-refractivity contribution in [2.45, 2.75) is 31.3 Å². The van der Waals surface area contributed by atoms with E-state index in [0.717, 1.165) is 11.5 Å². The molecule has 0 radical (unpaired) electrons. The normalized spacial score (nSPS) is 13.5. The smallest absolute Gasteiger partial charge is 0.322 e. The minimum Gasteiger partial charge on any atom is -0.464 e. The van der Waals surface area contributed by atoms with Crippen LogP contribution in [0.15, 0.2) is 0 Å². The Labute approximate surface area is 135 Å². The second kappa shape index (κ2) is 13.2. The third kappa shape index (κ3) is 10.9. The van der Waals surface area contributed by atoms with Crippen molar-refractivity contribution in [3.63, 3.8) is 0 Å². The third-order valence-corrected chi connectivity index (χ3v) is 3.94. The summed E-state index contributed by atoms with van der Waals surface area (Å²) in [5.41, 5.74) is 11.3. The van der Waals surface area contributed by atoms with Gasteiger partial charge in [0.2, 0.25) is 0 Å². The zero-order chi connectivity index (χ0) is 16.1. The van der Waals surface area contributed by atoms with E-state index >= 15 is 0 Å². The van der Waals surface area contributed by atoms with Crippen LogP contribution < -0.4 is 11.5 Å². The summed E-state index contributed by atoms with van der Waals surface area (Å²) in [5.74, 6) is 0.822. The average molecular weight is 338 g/mol. The molecule has 0 spiro atoms. The van der Waals surface area contributed by atoms with E-state index in [9.17, 15) is 9.59 Å². The molecule has 0 fully saturated rings. The zero-order valence-corrected chi connectivity index (χ0v) is 14.3. The van der Waals surface area contributed by atoms with Crippen molar-refractivity contribution >= 4 is 35.5 Å². The molecule has 0 unspecified atom stereocenters. The lowest BCUT2D eigenvalue weighted by molar-refractivity contribution is -0.147. The highest BCUT2D eigenvalue weighted by atomic mass is 32.2. The number of ether oxygens (including phenoxy) is 2. The topological polar surface area (TPSA) is 105 Å². The molecule has 0 rings (SSSR count). The third-order valence-electron chi connectivity index (χ3n) is 2.65. The molecule has 0 aliphatic carbocycles. The summed E-state index contributed by atoms with van der Waals surface area (Å²) in [4.78, 5) is 23.0. The number of carbonyl (C=O) groups is 2. The van der Waals surface area contributed by atoms with Crippen molar-refractivity contribution in [2.75, 3.05) is 37.2 Å². The molecular weight excluding hydrogens is 312 g/mol. The predicted octanol–water partition coefficient (Wildman–Crippen LogP) is 0.624. The van der Waals surface area contributed by atoms with Crippen LogP contribution in [0.25, 0.3) is 0 Å². The van der Waals surface area contributed by atoms with Crippen LogP contribution in [0.1, 0.15) is 19.3 Å². The number of thioether (sulfide) groups is 2. The quantitative estimate of drug-likeness (QED) is 0.394. The van der Waals surface area contributed by atoms with Crippen molar-refractivity contribution in [2.24, 2.45) is 11.5 Å². The van der Waals surface area contributed by atoms with Crippen LogP contribution in [0.2, 0.25) is 0 Å². The van der Waals surface area contributed by atoms with Gasteiger partial charge >= 0.3 is 11.9 Å². The standard InChI is InChI=1S/C13H26N2O4S2/c1-20-8-4-10(14)12(16)18-6-3-7-19-13(17)11(15)5-9-21-2/h10-11H,3-9,14-15H2,1-2H3/t10-,11-/m0/s1. The van der Waals surface area contributed by atoms with Crippen molar-refractivity contribution < 1.29 is 19.1 Å². The molecule has 8 heteroatoms. The van der Waals surface area contributed by atoms with Crippen LogP contribution >= 0.6 is 23.5 Å². The Morgan fingerprint density at radius 2 is 1.29 bits per heavy atom. The molecule has 6 nitrogen and oxygen atoms in total. The van der Waals surface area contributed by atoms with E-state index in [4.69, 9.17) is 20.9 Å². The molecule has 4 N–H and O–H groups in total. The Hall–Kier alpha value is -0.440. The van der Waals surface area contributed by atoms with Crippen LogP contribution in [0.3, 0.4) is 0 Å². The van der Waals surface area contributed by atoms with Crippen LogP contribution in [0.5, 0.6) is 0 Å². The highest BCUT2D eigenvalue weighted by Crippen LogP contribution is 2.02. The summed E-state index contributed by atoms with van der Waals surface area (Å²) < 4.78 is 10.0. The van der Waals surface area contributed by atoms with Gasteiger partial charge in [-0.15, -0.1) is 0 Å². The summed E-state index contributed by atoms with van der Waals surface area (Å²) in [5, 5.41) is 0. The van der Waals surface area contributed by atoms with E-state index in [0.29, 0.717) is 19.3 Å². The van der Waals surface area contributed by atoms with Gasteiger partial charge in [0.25, 0.3) is 0 Å². The summed E-state index contributed by atoms with van der Waals surface area (Å²) in [6.45, 7) is 0.387. The minimum atomic E-state index is -0.583. The lowest BCUT2D eigenvalue weighted by Crippen LogP contribution is -2.34. The Balaban J connectivity index is 3.62. The zero-order valence-electron chi connectivity index (χ0n) is 12.7. The first-order valence-corrected chi connectivity index (χ1v) is 9.64. The average Bonchev–Trinajstić information content (AvgIpc) is 2.49. The monoisotopic (exact) mass is 338 g/mol. The Morgan fingerprint density at radius 3 is 1.62 bits per heavy atom. The maximum absolute atomic E-state index is 11.5. The second-order valence-electron chi connectivity index (χ2n) is 4.46. The molecule has 0 saturated heterocycles. The SMILES string of the molecule is CSCC[C@H](N)C(=O)OCCCOC(=O)[C@@H](N)CCSC. The number of hydrogen-bond acceptors (Lipinski definition) is 8. The van der Waals surface area contributed by atoms with E-state index in [2.05, 4.69) is 0 Å². The molecule has 0 aromatic rings. The van der Waals surface area contributed by atoms with Gasteiger partial charge in [-0.05, 0) is 36.9 Å². The van der Waals surface area contributed by atoms with Crippen LogP contribution in [-0.2, 0) is 19.1 Å². The van der Waals surface area contributed by atoms with Gasteiger partial charge in [0.15, 0.2) is 0 Å². The highest BCUT2D eigenvalue weighted by molar-refractivity contribution is 7.98. The van der Waals surface area contributed by atoms with Crippen molar-refractivity contribution in [3.05, 3.63) is 0 Å². The molecule has 21 heavy (non-hydrogen) atoms. The summed E-state index contributed by atoms with van der Waals surface area (Å²) >= 11 is 3.26. The summed E-state index contributed by atoms with van der Waals surface area (Å²) in [6.07, 6.45) is 5.55. The van der Waals surface area contributed by atoms with Gasteiger partial charge in [-0.1, -0.05) is 0 Å². The first-order chi connectivity index (χ1) is 10.0. The number of carbonyl (C=O) groups excluding carboxylic acids is 2. The van der Waals surface area contributed by atoms with Crippen LogP contribution in [0.4, 0.5) is 0 Å². The number of esters is 2. The van der Waals surface area contributed by atoms with Gasteiger partial charge in [0.1, 0.15) is 12.1 Å². The Bertz CT molecular complexity index is 278. The van der Waals surface area contributed by atoms with Gasteiger partial charge in [-0.2, -0.15) is 23.5 Å². The minimum absolute atomic E-state index is 0.194. The Kier molecular flexibility index (Phi) is 13.0. The molecule has 0 heterocycles. The fraction of sp³-hybridized carbons (Fsp3) is 0.846. The first-order valence-electron chi connectivity index (χ1n) is 6.85. The molecule has 0 aliphatic heterocycles. The van der Waals surface area contributed by atoms with Gasteiger partial charge < -0.3 is 20.9 Å². The van der Waals surface area contributed by atoms with Gasteiger partial charge in [-0.3, -0.25) is 9.59 Å². The molecule has 0 amide bonds. The molecule has 0 bridgehead atoms. The lowest BCUT2D eigenvalue weighted by atomic mass is 10.2. The molecule has 0 aromatic heterocycles. The summed E-state index contributed by atoms with van der Waals surface area (Å²) in [6, 6.07) is -1.17. The van der Waals surface area contributed by atoms with E-state index in [1.165, 1.54) is 0 Å². The molecule has 124 valence electrons. The van der Waals surface area contributed by atoms with E-state index in [1.54, 1.807) is 23.5 Å². The van der Waals surface area contributed by atoms with Crippen molar-refractivity contribution in [1.82, 2.24) is 0 Å². The molecule has 0 aliphatic rings. The maximum Gasteiger partial charge on any atom is 0.322 e. The van der Waals surface area contributed by atoms with Crippen molar-refractivity contribution in [1.29, 1.82) is 0 Å². The molecule has 0 saturated carbocycles. The summed E-state index contributed by atoms with van der Waals surface area (Å²) in [7, 11) is 0. The predicted molar refractivity (Wildman–Crippen MR) is 88.5 cm³/mol. The highest BCUT2D eigenvalue weighted by Gasteiger charge is 2.15. The Morgan fingerprint density at radius 1 is 0.905 bits per heavy atom. The molecule has 0 aromatic carbocycles. The van der Waals surface area contributed by atoms with E-state index < -0.39 is 24.0 Å². The molecular formula is C13H26N2O4S2. The second-order valence-corrected chi connectivity index (χ2v) is 6.44. The number of rotatable bonds is 12. The largest absolute Gasteiger partial charge is 0.464 e. The van der Waals surface area contributed by atoms with Gasteiger partial charge in [-0.25, -0.2) is 0 Å². The first kappa shape index (κ1) is 20.6. The van der Waals surface area contributed by atoms with Crippen molar-refractivity contribution in [3.8, 4) is 0 Å². The van der Waals surface area contributed by atoms with Gasteiger partial charge in [0.05, 0.1) is 13.2 Å². The molecule has 2 atom stereocenters. The van der Waals surface area contributed by atoms with Gasteiger partial charge in [0, 0.05) is 6.42 Å². The number of hydrogen-bond donors (Lipinski definition) is 2. The van der Waals surface area contributed by atoms with Crippen LogP contribution in [-0.4, -0.2) is 61.3 Å². The maximum atomic E-state index is 11.5. The number of nitrogens with two attached hydrogens (primary N) is 2. The van der Waals surface area contributed by atoms with E-state index in [1.807, 2.05) is 12.5 Å². The fourth-order valence-corrected chi connectivity index (χ4v) is 2.32. The lowest BCUT2D eigenvalue weighted by Gasteiger charge is -2.12.